The van der Waals surface area contributed by atoms with Crippen molar-refractivity contribution in [3.8, 4) is 0 Å². The van der Waals surface area contributed by atoms with E-state index in [1.165, 1.54) is 0 Å². The molecule has 0 aliphatic rings. The second-order valence-electron chi connectivity index (χ2n) is 5.18. The van der Waals surface area contributed by atoms with Gasteiger partial charge in [-0.3, -0.25) is 4.98 Å². The van der Waals surface area contributed by atoms with Gasteiger partial charge in [-0.1, -0.05) is 42.5 Å². The van der Waals surface area contributed by atoms with Crippen molar-refractivity contribution in [2.24, 2.45) is 0 Å². The number of aromatic nitrogens is 1. The van der Waals surface area contributed by atoms with Crippen molar-refractivity contribution < 1.29 is 5.02 Å². The molecule has 0 saturated heterocycles. The molecule has 0 atom stereocenters. The van der Waals surface area contributed by atoms with E-state index in [9.17, 15) is 5.02 Å². The van der Waals surface area contributed by atoms with Gasteiger partial charge in [-0.15, -0.1) is 0 Å². The Morgan fingerprint density at radius 2 is 1.68 bits per heavy atom. The molecule has 0 saturated carbocycles. The topological polar surface area (TPSA) is 45.1 Å². The van der Waals surface area contributed by atoms with Crippen LogP contribution in [0.1, 0.15) is 11.1 Å². The van der Waals surface area contributed by atoms with Gasteiger partial charge < -0.3 is 10.3 Å². The fraction of sp³-hybridized carbons (Fsp3) is 0.0556. The molecule has 1 heterocycles. The van der Waals surface area contributed by atoms with Crippen LogP contribution < -0.4 is 5.23 Å². The van der Waals surface area contributed by atoms with Gasteiger partial charge in [0, 0.05) is 23.5 Å². The Labute approximate surface area is 130 Å². The minimum absolute atomic E-state index is 0.582. The summed E-state index contributed by atoms with van der Waals surface area (Å²) in [5.41, 5.74) is 3.19. The summed E-state index contributed by atoms with van der Waals surface area (Å²) in [4.78, 5) is 4.02. The lowest BCUT2D eigenvalue weighted by Gasteiger charge is -2.12. The highest BCUT2D eigenvalue weighted by molar-refractivity contribution is 6.53. The molecule has 3 rings (SSSR count). The number of benzene rings is 2. The maximum atomic E-state index is 9.56. The summed E-state index contributed by atoms with van der Waals surface area (Å²) < 4.78 is 0. The highest BCUT2D eigenvalue weighted by Gasteiger charge is 2.07. The molecule has 0 radical (unpaired) electrons. The van der Waals surface area contributed by atoms with Crippen LogP contribution in [-0.4, -0.2) is 17.1 Å². The van der Waals surface area contributed by atoms with Crippen molar-refractivity contribution >= 4 is 35.7 Å². The lowest BCUT2D eigenvalue weighted by atomic mass is 9.87. The summed E-state index contributed by atoms with van der Waals surface area (Å²) in [6.07, 6.45) is 7.75. The van der Waals surface area contributed by atoms with Crippen molar-refractivity contribution in [1.29, 1.82) is 0 Å². The first-order valence-electron chi connectivity index (χ1n) is 7.28. The van der Waals surface area contributed by atoms with Crippen LogP contribution >= 0.6 is 0 Å². The van der Waals surface area contributed by atoms with Crippen molar-refractivity contribution in [1.82, 2.24) is 4.98 Å². The Kier molecular flexibility index (Phi) is 4.21. The molecule has 3 aromatic rings. The SMILES string of the molecule is CB(O)Nc1ccc(C=Cc2ccncc2)c2ccccc12. The molecule has 3 nitrogen and oxygen atoms in total. The van der Waals surface area contributed by atoms with E-state index < -0.39 is 7.05 Å². The fourth-order valence-electron chi connectivity index (χ4n) is 2.48. The second-order valence-corrected chi connectivity index (χ2v) is 5.18. The number of anilines is 1. The molecule has 2 aromatic carbocycles. The van der Waals surface area contributed by atoms with Gasteiger partial charge in [0.15, 0.2) is 0 Å². The smallest absolute Gasteiger partial charge is 0.406 e. The van der Waals surface area contributed by atoms with Crippen LogP contribution in [-0.2, 0) is 0 Å². The standard InChI is InChI=1S/C18H17BN2O/c1-19(22)21-18-9-8-15(16-4-2-3-5-17(16)18)7-6-14-10-12-20-13-11-14/h2-13,21-22H,1H3. The van der Waals surface area contributed by atoms with E-state index in [-0.39, 0.29) is 0 Å². The lowest BCUT2D eigenvalue weighted by Crippen LogP contribution is -2.19. The Morgan fingerprint density at radius 1 is 0.955 bits per heavy atom. The summed E-state index contributed by atoms with van der Waals surface area (Å²) in [5, 5.41) is 14.9. The molecule has 0 spiro atoms. The zero-order chi connectivity index (χ0) is 15.4. The minimum atomic E-state index is -0.582. The number of pyridine rings is 1. The van der Waals surface area contributed by atoms with Gasteiger partial charge in [0.05, 0.1) is 0 Å². The number of hydrogen-bond acceptors (Lipinski definition) is 3. The number of nitrogens with zero attached hydrogens (tertiary/aromatic N) is 1. The van der Waals surface area contributed by atoms with Crippen molar-refractivity contribution in [3.63, 3.8) is 0 Å². The van der Waals surface area contributed by atoms with Crippen LogP contribution in [0.4, 0.5) is 5.69 Å². The molecular weight excluding hydrogens is 271 g/mol. The van der Waals surface area contributed by atoms with Gasteiger partial charge in [-0.2, -0.15) is 0 Å². The van der Waals surface area contributed by atoms with Crippen molar-refractivity contribution in [2.75, 3.05) is 5.23 Å². The third-order valence-electron chi connectivity index (χ3n) is 3.48. The van der Waals surface area contributed by atoms with Gasteiger partial charge in [0.25, 0.3) is 0 Å². The third kappa shape index (κ3) is 3.18. The summed E-state index contributed by atoms with van der Waals surface area (Å²) in [5.74, 6) is 0. The molecule has 0 bridgehead atoms. The molecule has 0 unspecified atom stereocenters. The second kappa shape index (κ2) is 6.45. The Bertz CT molecular complexity index is 801. The Morgan fingerprint density at radius 3 is 2.41 bits per heavy atom. The molecule has 0 amide bonds. The molecule has 4 heteroatoms. The minimum Gasteiger partial charge on any atom is -0.433 e. The molecule has 1 aromatic heterocycles. The van der Waals surface area contributed by atoms with E-state index in [2.05, 4.69) is 40.6 Å². The molecular formula is C18H17BN2O. The predicted molar refractivity (Wildman–Crippen MR) is 94.6 cm³/mol. The number of rotatable bonds is 4. The summed E-state index contributed by atoms with van der Waals surface area (Å²) in [7, 11) is -0.582. The fourth-order valence-corrected chi connectivity index (χ4v) is 2.48. The average molecular weight is 288 g/mol. The zero-order valence-corrected chi connectivity index (χ0v) is 12.4. The van der Waals surface area contributed by atoms with E-state index >= 15 is 0 Å². The highest BCUT2D eigenvalue weighted by Crippen LogP contribution is 2.28. The molecule has 0 fully saturated rings. The van der Waals surface area contributed by atoms with Gasteiger partial charge in [0.2, 0.25) is 0 Å². The molecule has 2 N–H and O–H groups in total. The van der Waals surface area contributed by atoms with Crippen molar-refractivity contribution in [3.05, 3.63) is 72.1 Å². The first-order valence-corrected chi connectivity index (χ1v) is 7.28. The van der Waals surface area contributed by atoms with Crippen LogP contribution in [0, 0.1) is 0 Å². The van der Waals surface area contributed by atoms with E-state index in [1.54, 1.807) is 19.2 Å². The van der Waals surface area contributed by atoms with Crippen LogP contribution in [0.5, 0.6) is 0 Å². The number of hydrogen-bond donors (Lipinski definition) is 2. The van der Waals surface area contributed by atoms with E-state index in [0.717, 1.165) is 27.6 Å². The van der Waals surface area contributed by atoms with E-state index in [1.807, 2.05) is 30.3 Å². The normalized spacial score (nSPS) is 11.0. The van der Waals surface area contributed by atoms with Crippen molar-refractivity contribution in [2.45, 2.75) is 6.82 Å². The van der Waals surface area contributed by atoms with Crippen LogP contribution in [0.2, 0.25) is 6.82 Å². The predicted octanol–water partition coefficient (Wildman–Crippen LogP) is 3.93. The summed E-state index contributed by atoms with van der Waals surface area (Å²) in [6.45, 7) is 1.71. The summed E-state index contributed by atoms with van der Waals surface area (Å²) in [6, 6.07) is 16.2. The maximum Gasteiger partial charge on any atom is 0.406 e. The van der Waals surface area contributed by atoms with Crippen LogP contribution in [0.3, 0.4) is 0 Å². The van der Waals surface area contributed by atoms with Gasteiger partial charge >= 0.3 is 7.05 Å². The molecule has 22 heavy (non-hydrogen) atoms. The Balaban J connectivity index is 2.02. The molecule has 0 aliphatic carbocycles. The molecule has 108 valence electrons. The first kappa shape index (κ1) is 14.4. The van der Waals surface area contributed by atoms with Crippen LogP contribution in [0.15, 0.2) is 60.9 Å². The van der Waals surface area contributed by atoms with E-state index in [4.69, 9.17) is 0 Å². The lowest BCUT2D eigenvalue weighted by molar-refractivity contribution is 0.587. The van der Waals surface area contributed by atoms with E-state index in [0.29, 0.717) is 0 Å². The van der Waals surface area contributed by atoms with Gasteiger partial charge in [-0.05, 0) is 41.5 Å². The highest BCUT2D eigenvalue weighted by atomic mass is 16.2. The Hall–Kier alpha value is -2.59. The first-order chi connectivity index (χ1) is 10.7. The largest absolute Gasteiger partial charge is 0.433 e. The quantitative estimate of drug-likeness (QED) is 0.715. The average Bonchev–Trinajstić information content (AvgIpc) is 2.55. The monoisotopic (exact) mass is 288 g/mol. The van der Waals surface area contributed by atoms with Crippen LogP contribution in [0.25, 0.3) is 22.9 Å². The number of fused-ring (bicyclic) bond motifs is 1. The maximum absolute atomic E-state index is 9.56. The third-order valence-corrected chi connectivity index (χ3v) is 3.48. The van der Waals surface area contributed by atoms with Gasteiger partial charge in [-0.25, -0.2) is 0 Å². The number of nitrogens with one attached hydrogen (secondary N) is 1. The summed E-state index contributed by atoms with van der Waals surface area (Å²) >= 11 is 0. The van der Waals surface area contributed by atoms with Gasteiger partial charge in [0.1, 0.15) is 0 Å². The molecule has 0 aliphatic heterocycles. The zero-order valence-electron chi connectivity index (χ0n) is 12.4.